The molecule has 4 heteroatoms. The molecule has 0 aliphatic heterocycles. The summed E-state index contributed by atoms with van der Waals surface area (Å²) < 4.78 is 11.2. The van der Waals surface area contributed by atoms with Crippen molar-refractivity contribution in [1.82, 2.24) is 0 Å². The fourth-order valence-electron chi connectivity index (χ4n) is 5.23. The first-order valence-electron chi connectivity index (χ1n) is 14.8. The van der Waals surface area contributed by atoms with Crippen LogP contribution in [-0.2, 0) is 10.8 Å². The van der Waals surface area contributed by atoms with Crippen molar-refractivity contribution in [2.24, 2.45) is 0 Å². The fraction of sp³-hybridized carbons (Fsp3) is 0.200. The minimum atomic E-state index is -0.498. The Morgan fingerprint density at radius 1 is 0.409 bits per heavy atom. The highest BCUT2D eigenvalue weighted by molar-refractivity contribution is 5.94. The molecule has 0 bridgehead atoms. The Balaban J connectivity index is 1.19. The molecule has 5 aromatic rings. The number of esters is 2. The van der Waals surface area contributed by atoms with Crippen LogP contribution in [0, 0.1) is 13.8 Å². The van der Waals surface area contributed by atoms with Gasteiger partial charge in [0.1, 0.15) is 11.5 Å². The molecule has 0 aliphatic rings. The number of hydrogen-bond donors (Lipinski definition) is 0. The first-order chi connectivity index (χ1) is 20.9. The van der Waals surface area contributed by atoms with Gasteiger partial charge in [0.05, 0.1) is 11.1 Å². The fourth-order valence-corrected chi connectivity index (χ4v) is 5.23. The third kappa shape index (κ3) is 6.65. The van der Waals surface area contributed by atoms with Gasteiger partial charge in [-0.15, -0.1) is 0 Å². The van der Waals surface area contributed by atoms with Gasteiger partial charge in [0.25, 0.3) is 0 Å². The van der Waals surface area contributed by atoms with Crippen molar-refractivity contribution in [3.05, 3.63) is 166 Å². The zero-order valence-electron chi connectivity index (χ0n) is 26.2. The standard InChI is InChI=1S/C40H38O4/c1-27-7-15-31(16-8-27)39(3,4)33-19-23-35(24-20-33)43-37(41)29-11-13-30(14-12-29)38(42)44-36-25-21-34(22-26-36)40(5,6)32-17-9-28(2)10-18-32/h7-26H,1-6H3. The van der Waals surface area contributed by atoms with Gasteiger partial charge in [-0.3, -0.25) is 0 Å². The van der Waals surface area contributed by atoms with Crippen LogP contribution < -0.4 is 9.47 Å². The number of ether oxygens (including phenoxy) is 2. The molecule has 0 fully saturated rings. The Morgan fingerprint density at radius 3 is 0.932 bits per heavy atom. The highest BCUT2D eigenvalue weighted by Gasteiger charge is 2.24. The van der Waals surface area contributed by atoms with Crippen molar-refractivity contribution in [2.75, 3.05) is 0 Å². The summed E-state index contributed by atoms with van der Waals surface area (Å²) in [5, 5.41) is 0. The zero-order valence-corrected chi connectivity index (χ0v) is 26.2. The van der Waals surface area contributed by atoms with Crippen molar-refractivity contribution in [3.8, 4) is 11.5 Å². The molecule has 222 valence electrons. The van der Waals surface area contributed by atoms with E-state index in [0.29, 0.717) is 22.6 Å². The lowest BCUT2D eigenvalue weighted by atomic mass is 9.78. The molecule has 44 heavy (non-hydrogen) atoms. The number of carbonyl (C=O) groups excluding carboxylic acids is 2. The Morgan fingerprint density at radius 2 is 0.659 bits per heavy atom. The van der Waals surface area contributed by atoms with Gasteiger partial charge in [-0.2, -0.15) is 0 Å². The van der Waals surface area contributed by atoms with Gasteiger partial charge >= 0.3 is 11.9 Å². The summed E-state index contributed by atoms with van der Waals surface area (Å²) in [5.74, 6) is -0.0867. The van der Waals surface area contributed by atoms with E-state index < -0.39 is 11.9 Å². The van der Waals surface area contributed by atoms with Gasteiger partial charge < -0.3 is 9.47 Å². The normalized spacial score (nSPS) is 11.6. The maximum absolute atomic E-state index is 12.8. The van der Waals surface area contributed by atoms with Gasteiger partial charge in [0.15, 0.2) is 0 Å². The van der Waals surface area contributed by atoms with E-state index >= 15 is 0 Å². The highest BCUT2D eigenvalue weighted by atomic mass is 16.5. The molecule has 5 aromatic carbocycles. The summed E-state index contributed by atoms with van der Waals surface area (Å²) in [4.78, 5) is 25.6. The molecule has 0 unspecified atom stereocenters. The van der Waals surface area contributed by atoms with Crippen molar-refractivity contribution < 1.29 is 19.1 Å². The first-order valence-corrected chi connectivity index (χ1v) is 14.8. The zero-order chi connectivity index (χ0) is 31.5. The van der Waals surface area contributed by atoms with Gasteiger partial charge in [0, 0.05) is 10.8 Å². The molecule has 5 rings (SSSR count). The Bertz CT molecular complexity index is 1610. The van der Waals surface area contributed by atoms with E-state index in [4.69, 9.17) is 9.47 Å². The van der Waals surface area contributed by atoms with Crippen LogP contribution in [-0.4, -0.2) is 11.9 Å². The summed E-state index contributed by atoms with van der Waals surface area (Å²) >= 11 is 0. The molecule has 0 radical (unpaired) electrons. The average Bonchev–Trinajstić information content (AvgIpc) is 3.02. The van der Waals surface area contributed by atoms with Crippen LogP contribution >= 0.6 is 0 Å². The van der Waals surface area contributed by atoms with E-state index in [1.807, 2.05) is 48.5 Å². The van der Waals surface area contributed by atoms with E-state index in [-0.39, 0.29) is 10.8 Å². The second-order valence-electron chi connectivity index (χ2n) is 12.4. The number of rotatable bonds is 8. The van der Waals surface area contributed by atoms with Crippen LogP contribution in [0.2, 0.25) is 0 Å². The molecule has 0 amide bonds. The monoisotopic (exact) mass is 582 g/mol. The van der Waals surface area contributed by atoms with Crippen LogP contribution in [0.25, 0.3) is 0 Å². The lowest BCUT2D eigenvalue weighted by molar-refractivity contribution is 0.0720. The van der Waals surface area contributed by atoms with Crippen molar-refractivity contribution >= 4 is 11.9 Å². The SMILES string of the molecule is Cc1ccc(C(C)(C)c2ccc(OC(=O)c3ccc(C(=O)Oc4ccc(C(C)(C)c5ccc(C)cc5)cc4)cc3)cc2)cc1. The predicted octanol–water partition coefficient (Wildman–Crippen LogP) is 9.39. The Hall–Kier alpha value is -4.96. The lowest BCUT2D eigenvalue weighted by Crippen LogP contribution is -2.19. The summed E-state index contributed by atoms with van der Waals surface area (Å²) in [5.41, 5.74) is 7.40. The van der Waals surface area contributed by atoms with Gasteiger partial charge in [0.2, 0.25) is 0 Å². The summed E-state index contributed by atoms with van der Waals surface area (Å²) in [6.45, 7) is 12.8. The van der Waals surface area contributed by atoms with Crippen LogP contribution in [0.3, 0.4) is 0 Å². The van der Waals surface area contributed by atoms with E-state index in [1.54, 1.807) is 24.3 Å². The van der Waals surface area contributed by atoms with Crippen molar-refractivity contribution in [3.63, 3.8) is 0 Å². The summed E-state index contributed by atoms with van der Waals surface area (Å²) in [6.07, 6.45) is 0. The summed E-state index contributed by atoms with van der Waals surface area (Å²) in [6, 6.07) is 38.5. The van der Waals surface area contributed by atoms with Crippen LogP contribution in [0.1, 0.15) is 81.8 Å². The number of benzene rings is 5. The van der Waals surface area contributed by atoms with Crippen LogP contribution in [0.5, 0.6) is 11.5 Å². The lowest BCUT2D eigenvalue weighted by Gasteiger charge is -2.26. The second-order valence-corrected chi connectivity index (χ2v) is 12.4. The topological polar surface area (TPSA) is 52.6 Å². The van der Waals surface area contributed by atoms with Crippen molar-refractivity contribution in [2.45, 2.75) is 52.4 Å². The minimum absolute atomic E-state index is 0.194. The predicted molar refractivity (Wildman–Crippen MR) is 176 cm³/mol. The van der Waals surface area contributed by atoms with E-state index in [2.05, 4.69) is 90.1 Å². The number of hydrogen-bond acceptors (Lipinski definition) is 4. The van der Waals surface area contributed by atoms with Crippen LogP contribution in [0.4, 0.5) is 0 Å². The van der Waals surface area contributed by atoms with E-state index in [1.165, 1.54) is 22.3 Å². The molecule has 0 aromatic heterocycles. The van der Waals surface area contributed by atoms with Crippen LogP contribution in [0.15, 0.2) is 121 Å². The third-order valence-corrected chi connectivity index (χ3v) is 8.48. The molecule has 0 saturated carbocycles. The molecule has 0 saturated heterocycles. The maximum atomic E-state index is 12.8. The average molecular weight is 583 g/mol. The molecular weight excluding hydrogens is 544 g/mol. The first kappa shape index (κ1) is 30.5. The highest BCUT2D eigenvalue weighted by Crippen LogP contribution is 2.34. The van der Waals surface area contributed by atoms with E-state index in [0.717, 1.165) is 11.1 Å². The second kappa shape index (κ2) is 12.3. The van der Waals surface area contributed by atoms with Crippen molar-refractivity contribution in [1.29, 1.82) is 0 Å². The van der Waals surface area contributed by atoms with E-state index in [9.17, 15) is 9.59 Å². The molecule has 4 nitrogen and oxygen atoms in total. The summed E-state index contributed by atoms with van der Waals surface area (Å²) in [7, 11) is 0. The molecule has 0 atom stereocenters. The largest absolute Gasteiger partial charge is 0.423 e. The molecule has 0 aliphatic carbocycles. The smallest absolute Gasteiger partial charge is 0.343 e. The third-order valence-electron chi connectivity index (χ3n) is 8.48. The Labute approximate surface area is 260 Å². The molecule has 0 N–H and O–H groups in total. The number of aryl methyl sites for hydroxylation is 2. The number of carbonyl (C=O) groups is 2. The van der Waals surface area contributed by atoms with Gasteiger partial charge in [-0.1, -0.05) is 112 Å². The Kier molecular flexibility index (Phi) is 8.55. The maximum Gasteiger partial charge on any atom is 0.343 e. The molecule has 0 heterocycles. The quantitative estimate of drug-likeness (QED) is 0.135. The minimum Gasteiger partial charge on any atom is -0.423 e. The molecular formula is C40H38O4. The molecule has 0 spiro atoms. The van der Waals surface area contributed by atoms with Gasteiger partial charge in [-0.25, -0.2) is 9.59 Å². The van der Waals surface area contributed by atoms with Gasteiger partial charge in [-0.05, 0) is 84.6 Å².